The van der Waals surface area contributed by atoms with Crippen LogP contribution < -0.4 is 4.72 Å². The average Bonchev–Trinajstić information content (AvgIpc) is 2.16. The maximum Gasteiger partial charge on any atom is 0.240 e. The van der Waals surface area contributed by atoms with Gasteiger partial charge in [0.1, 0.15) is 5.82 Å². The Bertz CT molecular complexity index is 388. The van der Waals surface area contributed by atoms with Gasteiger partial charge in [0.2, 0.25) is 10.0 Å². The van der Waals surface area contributed by atoms with Gasteiger partial charge in [-0.25, -0.2) is 17.5 Å². The van der Waals surface area contributed by atoms with E-state index in [1.165, 1.54) is 0 Å². The first kappa shape index (κ1) is 11.1. The largest absolute Gasteiger partial charge is 0.395 e. The molecule has 0 aliphatic rings. The van der Waals surface area contributed by atoms with Gasteiger partial charge in [-0.05, 0) is 24.3 Å². The van der Waals surface area contributed by atoms with Gasteiger partial charge in [0.05, 0.1) is 11.5 Å². The number of nitrogens with one attached hydrogen (secondary N) is 1. The Morgan fingerprint density at radius 2 is 1.86 bits per heavy atom. The lowest BCUT2D eigenvalue weighted by Crippen LogP contribution is -2.26. The van der Waals surface area contributed by atoms with Crippen LogP contribution in [0.3, 0.4) is 0 Å². The number of aliphatic hydroxyl groups excluding tert-OH is 1. The molecule has 0 aliphatic heterocycles. The molecule has 0 aliphatic carbocycles. The Hall–Kier alpha value is -0.980. The third-order valence-corrected chi connectivity index (χ3v) is 3.00. The second kappa shape index (κ2) is 4.50. The van der Waals surface area contributed by atoms with Crippen molar-refractivity contribution in [3.05, 3.63) is 30.1 Å². The van der Waals surface area contributed by atoms with Crippen LogP contribution in [-0.2, 0) is 10.0 Å². The molecule has 0 saturated carbocycles. The maximum absolute atomic E-state index is 12.5. The summed E-state index contributed by atoms with van der Waals surface area (Å²) in [6.07, 6.45) is 0. The zero-order valence-electron chi connectivity index (χ0n) is 7.27. The van der Waals surface area contributed by atoms with Crippen LogP contribution in [0.2, 0.25) is 0 Å². The van der Waals surface area contributed by atoms with E-state index in [2.05, 4.69) is 4.72 Å². The third kappa shape index (κ3) is 2.76. The van der Waals surface area contributed by atoms with Crippen molar-refractivity contribution in [3.8, 4) is 0 Å². The summed E-state index contributed by atoms with van der Waals surface area (Å²) >= 11 is 0. The van der Waals surface area contributed by atoms with Gasteiger partial charge in [-0.2, -0.15) is 0 Å². The Labute approximate surface area is 81.4 Å². The van der Waals surface area contributed by atoms with E-state index in [4.69, 9.17) is 5.11 Å². The van der Waals surface area contributed by atoms with Crippen LogP contribution >= 0.6 is 0 Å². The van der Waals surface area contributed by atoms with Crippen LogP contribution in [0.15, 0.2) is 29.2 Å². The first-order valence-corrected chi connectivity index (χ1v) is 5.40. The zero-order valence-corrected chi connectivity index (χ0v) is 8.09. The molecule has 0 aromatic heterocycles. The van der Waals surface area contributed by atoms with Gasteiger partial charge in [-0.1, -0.05) is 0 Å². The number of hydrogen-bond acceptors (Lipinski definition) is 3. The van der Waals surface area contributed by atoms with Crippen molar-refractivity contribution < 1.29 is 17.9 Å². The van der Waals surface area contributed by atoms with Crippen molar-refractivity contribution in [1.29, 1.82) is 0 Å². The normalized spacial score (nSPS) is 11.6. The molecule has 0 atom stereocenters. The number of benzene rings is 1. The minimum atomic E-state index is -3.62. The quantitative estimate of drug-likeness (QED) is 0.754. The highest BCUT2D eigenvalue weighted by molar-refractivity contribution is 7.89. The number of halogens is 1. The summed E-state index contributed by atoms with van der Waals surface area (Å²) < 4.78 is 37.3. The summed E-state index contributed by atoms with van der Waals surface area (Å²) in [5.74, 6) is -0.494. The molecular weight excluding hydrogens is 209 g/mol. The lowest BCUT2D eigenvalue weighted by molar-refractivity contribution is 0.301. The second-order valence-corrected chi connectivity index (χ2v) is 4.34. The molecule has 0 unspecified atom stereocenters. The monoisotopic (exact) mass is 219 g/mol. The van der Waals surface area contributed by atoms with E-state index in [-0.39, 0.29) is 18.0 Å². The first-order valence-electron chi connectivity index (χ1n) is 3.92. The lowest BCUT2D eigenvalue weighted by Gasteiger charge is -2.04. The van der Waals surface area contributed by atoms with Gasteiger partial charge in [0, 0.05) is 6.54 Å². The standard InChI is InChI=1S/C8H10FNO3S/c9-7-1-3-8(4-2-7)14(12,13)10-5-6-11/h1-4,10-11H,5-6H2. The lowest BCUT2D eigenvalue weighted by atomic mass is 10.4. The molecule has 1 aromatic carbocycles. The molecule has 1 aromatic rings. The van der Waals surface area contributed by atoms with Crippen molar-refractivity contribution in [2.45, 2.75) is 4.90 Å². The van der Waals surface area contributed by atoms with Crippen LogP contribution in [0, 0.1) is 5.82 Å². The summed E-state index contributed by atoms with van der Waals surface area (Å²) in [5, 5.41) is 8.43. The van der Waals surface area contributed by atoms with Gasteiger partial charge in [-0.3, -0.25) is 0 Å². The van der Waals surface area contributed by atoms with E-state index in [1.807, 2.05) is 0 Å². The van der Waals surface area contributed by atoms with Crippen molar-refractivity contribution in [2.75, 3.05) is 13.2 Å². The summed E-state index contributed by atoms with van der Waals surface area (Å²) in [6, 6.07) is 4.45. The fourth-order valence-electron chi connectivity index (χ4n) is 0.877. The van der Waals surface area contributed by atoms with E-state index < -0.39 is 15.8 Å². The van der Waals surface area contributed by atoms with Crippen molar-refractivity contribution in [1.82, 2.24) is 4.72 Å². The van der Waals surface area contributed by atoms with Gasteiger partial charge in [-0.15, -0.1) is 0 Å². The van der Waals surface area contributed by atoms with Gasteiger partial charge < -0.3 is 5.11 Å². The predicted molar refractivity (Wildman–Crippen MR) is 48.7 cm³/mol. The minimum Gasteiger partial charge on any atom is -0.395 e. The molecule has 0 radical (unpaired) electrons. The number of hydrogen-bond donors (Lipinski definition) is 2. The Balaban J connectivity index is 2.87. The van der Waals surface area contributed by atoms with Crippen LogP contribution in [-0.4, -0.2) is 26.7 Å². The SMILES string of the molecule is O=S(=O)(NCCO)c1ccc(F)cc1. The Morgan fingerprint density at radius 1 is 1.29 bits per heavy atom. The third-order valence-electron chi connectivity index (χ3n) is 1.53. The van der Waals surface area contributed by atoms with Gasteiger partial charge in [0.15, 0.2) is 0 Å². The smallest absolute Gasteiger partial charge is 0.240 e. The summed E-state index contributed by atoms with van der Waals surface area (Å²) in [4.78, 5) is -0.0210. The topological polar surface area (TPSA) is 66.4 Å². The second-order valence-electron chi connectivity index (χ2n) is 2.58. The van der Waals surface area contributed by atoms with Crippen molar-refractivity contribution in [2.24, 2.45) is 0 Å². The van der Waals surface area contributed by atoms with Gasteiger partial charge in [0.25, 0.3) is 0 Å². The van der Waals surface area contributed by atoms with Crippen molar-refractivity contribution >= 4 is 10.0 Å². The summed E-state index contributed by atoms with van der Waals surface area (Å²) in [5.41, 5.74) is 0. The Morgan fingerprint density at radius 3 is 2.36 bits per heavy atom. The molecule has 78 valence electrons. The highest BCUT2D eigenvalue weighted by Gasteiger charge is 2.12. The summed E-state index contributed by atoms with van der Waals surface area (Å²) in [7, 11) is -3.62. The molecule has 0 saturated heterocycles. The molecule has 0 fully saturated rings. The van der Waals surface area contributed by atoms with Crippen molar-refractivity contribution in [3.63, 3.8) is 0 Å². The van der Waals surface area contributed by atoms with E-state index in [0.29, 0.717) is 0 Å². The highest BCUT2D eigenvalue weighted by Crippen LogP contribution is 2.08. The zero-order chi connectivity index (χ0) is 10.6. The molecule has 4 nitrogen and oxygen atoms in total. The number of rotatable bonds is 4. The highest BCUT2D eigenvalue weighted by atomic mass is 32.2. The molecule has 0 spiro atoms. The maximum atomic E-state index is 12.5. The van der Waals surface area contributed by atoms with E-state index in [0.717, 1.165) is 24.3 Å². The molecule has 6 heteroatoms. The molecular formula is C8H10FNO3S. The molecule has 0 heterocycles. The fraction of sp³-hybridized carbons (Fsp3) is 0.250. The van der Waals surface area contributed by atoms with Crippen LogP contribution in [0.4, 0.5) is 4.39 Å². The first-order chi connectivity index (χ1) is 6.56. The Kier molecular flexibility index (Phi) is 3.56. The number of aliphatic hydroxyl groups is 1. The predicted octanol–water partition coefficient (Wildman–Crippen LogP) is 0.0963. The van der Waals surface area contributed by atoms with Gasteiger partial charge >= 0.3 is 0 Å². The molecule has 14 heavy (non-hydrogen) atoms. The molecule has 0 bridgehead atoms. The minimum absolute atomic E-state index is 0.0210. The van der Waals surface area contributed by atoms with Crippen LogP contribution in [0.5, 0.6) is 0 Å². The van der Waals surface area contributed by atoms with E-state index in [1.54, 1.807) is 0 Å². The number of sulfonamides is 1. The van der Waals surface area contributed by atoms with E-state index >= 15 is 0 Å². The fourth-order valence-corrected chi connectivity index (χ4v) is 1.90. The molecule has 2 N–H and O–H groups in total. The van der Waals surface area contributed by atoms with Crippen LogP contribution in [0.1, 0.15) is 0 Å². The molecule has 1 rings (SSSR count). The molecule has 0 amide bonds. The van der Waals surface area contributed by atoms with Crippen LogP contribution in [0.25, 0.3) is 0 Å². The summed E-state index contributed by atoms with van der Waals surface area (Å²) in [6.45, 7) is -0.333. The average molecular weight is 219 g/mol. The van der Waals surface area contributed by atoms with E-state index in [9.17, 15) is 12.8 Å².